The SMILES string of the molecule is CCC[C@H](c1ccc([N+](=O)[O-])s1)N1CCNCC1. The second kappa shape index (κ2) is 6.26. The molecule has 2 rings (SSSR count). The van der Waals surface area contributed by atoms with Crippen molar-refractivity contribution in [2.75, 3.05) is 26.2 Å². The highest BCUT2D eigenvalue weighted by Gasteiger charge is 2.24. The lowest BCUT2D eigenvalue weighted by Crippen LogP contribution is -2.44. The van der Waals surface area contributed by atoms with E-state index in [9.17, 15) is 10.1 Å². The van der Waals surface area contributed by atoms with E-state index < -0.39 is 0 Å². The van der Waals surface area contributed by atoms with Gasteiger partial charge in [0.2, 0.25) is 0 Å². The summed E-state index contributed by atoms with van der Waals surface area (Å²) in [7, 11) is 0. The molecule has 0 saturated carbocycles. The zero-order valence-electron chi connectivity index (χ0n) is 10.6. The van der Waals surface area contributed by atoms with Gasteiger partial charge in [0.05, 0.1) is 4.92 Å². The van der Waals surface area contributed by atoms with Crippen LogP contribution in [0, 0.1) is 10.1 Å². The predicted octanol–water partition coefficient (Wildman–Crippen LogP) is 2.40. The second-order valence-corrected chi connectivity index (χ2v) is 5.62. The Labute approximate surface area is 111 Å². The van der Waals surface area contributed by atoms with Gasteiger partial charge in [0.25, 0.3) is 0 Å². The van der Waals surface area contributed by atoms with Crippen molar-refractivity contribution < 1.29 is 4.92 Å². The molecule has 1 N–H and O–H groups in total. The van der Waals surface area contributed by atoms with Crippen molar-refractivity contribution in [1.29, 1.82) is 0 Å². The number of rotatable bonds is 5. The Bertz CT molecular complexity index is 402. The van der Waals surface area contributed by atoms with Crippen molar-refractivity contribution in [1.82, 2.24) is 10.2 Å². The first-order chi connectivity index (χ1) is 8.72. The van der Waals surface area contributed by atoms with Crippen molar-refractivity contribution in [2.45, 2.75) is 25.8 Å². The van der Waals surface area contributed by atoms with E-state index in [1.54, 1.807) is 6.07 Å². The fourth-order valence-electron chi connectivity index (χ4n) is 2.39. The molecule has 0 aliphatic carbocycles. The maximum atomic E-state index is 10.8. The molecule has 18 heavy (non-hydrogen) atoms. The smallest absolute Gasteiger partial charge is 0.314 e. The Morgan fingerprint density at radius 3 is 2.78 bits per heavy atom. The summed E-state index contributed by atoms with van der Waals surface area (Å²) < 4.78 is 0. The molecule has 1 saturated heterocycles. The standard InChI is InChI=1S/C12H19N3O2S/c1-2-3-10(14-8-6-13-7-9-14)11-4-5-12(18-11)15(16)17/h4-5,10,13H,2-3,6-9H2,1H3/t10-/m1/s1. The molecule has 1 aromatic rings. The van der Waals surface area contributed by atoms with Gasteiger partial charge in [-0.05, 0) is 12.5 Å². The summed E-state index contributed by atoms with van der Waals surface area (Å²) in [5.74, 6) is 0. The number of nitro groups is 1. The minimum Gasteiger partial charge on any atom is -0.314 e. The average molecular weight is 269 g/mol. The van der Waals surface area contributed by atoms with Crippen LogP contribution in [0.4, 0.5) is 5.00 Å². The van der Waals surface area contributed by atoms with E-state index >= 15 is 0 Å². The lowest BCUT2D eigenvalue weighted by atomic mass is 10.1. The molecule has 1 aliphatic heterocycles. The van der Waals surface area contributed by atoms with Gasteiger partial charge in [-0.2, -0.15) is 0 Å². The lowest BCUT2D eigenvalue weighted by Gasteiger charge is -2.34. The quantitative estimate of drug-likeness (QED) is 0.658. The molecular weight excluding hydrogens is 250 g/mol. The van der Waals surface area contributed by atoms with Crippen molar-refractivity contribution >= 4 is 16.3 Å². The summed E-state index contributed by atoms with van der Waals surface area (Å²) in [6, 6.07) is 3.89. The number of hydrogen-bond acceptors (Lipinski definition) is 5. The van der Waals surface area contributed by atoms with Crippen LogP contribution in [-0.2, 0) is 0 Å². The zero-order chi connectivity index (χ0) is 13.0. The van der Waals surface area contributed by atoms with Crippen LogP contribution < -0.4 is 5.32 Å². The van der Waals surface area contributed by atoms with Crippen LogP contribution in [0.2, 0.25) is 0 Å². The number of nitrogens with zero attached hydrogens (tertiary/aromatic N) is 2. The minimum absolute atomic E-state index is 0.251. The van der Waals surface area contributed by atoms with Crippen LogP contribution in [0.1, 0.15) is 30.7 Å². The summed E-state index contributed by atoms with van der Waals surface area (Å²) in [5, 5.41) is 14.4. The van der Waals surface area contributed by atoms with Crippen LogP contribution in [0.25, 0.3) is 0 Å². The lowest BCUT2D eigenvalue weighted by molar-refractivity contribution is -0.380. The number of piperazine rings is 1. The van der Waals surface area contributed by atoms with Gasteiger partial charge in [-0.3, -0.25) is 15.0 Å². The number of thiophene rings is 1. The van der Waals surface area contributed by atoms with E-state index in [4.69, 9.17) is 0 Å². The molecule has 1 aliphatic rings. The summed E-state index contributed by atoms with van der Waals surface area (Å²) in [6.07, 6.45) is 2.16. The molecule has 0 radical (unpaired) electrons. The van der Waals surface area contributed by atoms with Crippen LogP contribution in [0.5, 0.6) is 0 Å². The molecule has 100 valence electrons. The molecule has 1 atom stereocenters. The highest BCUT2D eigenvalue weighted by atomic mass is 32.1. The topological polar surface area (TPSA) is 58.4 Å². The van der Waals surface area contributed by atoms with Gasteiger partial charge >= 0.3 is 5.00 Å². The van der Waals surface area contributed by atoms with E-state index in [1.165, 1.54) is 11.3 Å². The highest BCUT2D eigenvalue weighted by molar-refractivity contribution is 7.15. The van der Waals surface area contributed by atoms with E-state index in [1.807, 2.05) is 6.07 Å². The number of nitrogens with one attached hydrogen (secondary N) is 1. The molecule has 0 bridgehead atoms. The highest BCUT2D eigenvalue weighted by Crippen LogP contribution is 2.34. The van der Waals surface area contributed by atoms with Crippen molar-refractivity contribution in [3.8, 4) is 0 Å². The first-order valence-corrected chi connectivity index (χ1v) is 7.23. The Morgan fingerprint density at radius 1 is 1.50 bits per heavy atom. The third kappa shape index (κ3) is 3.07. The van der Waals surface area contributed by atoms with Crippen LogP contribution in [0.3, 0.4) is 0 Å². The number of hydrogen-bond donors (Lipinski definition) is 1. The Balaban J connectivity index is 2.14. The fraction of sp³-hybridized carbons (Fsp3) is 0.667. The van der Waals surface area contributed by atoms with Gasteiger partial charge < -0.3 is 5.32 Å². The molecule has 2 heterocycles. The Morgan fingerprint density at radius 2 is 2.22 bits per heavy atom. The molecule has 0 spiro atoms. The van der Waals surface area contributed by atoms with E-state index in [-0.39, 0.29) is 9.92 Å². The predicted molar refractivity (Wildman–Crippen MR) is 73.1 cm³/mol. The average Bonchev–Trinajstić information content (AvgIpc) is 2.86. The van der Waals surface area contributed by atoms with Crippen molar-refractivity contribution in [3.05, 3.63) is 27.1 Å². The van der Waals surface area contributed by atoms with E-state index in [2.05, 4.69) is 17.1 Å². The molecule has 6 heteroatoms. The van der Waals surface area contributed by atoms with Crippen LogP contribution in [-0.4, -0.2) is 36.0 Å². The molecule has 5 nitrogen and oxygen atoms in total. The van der Waals surface area contributed by atoms with Gasteiger partial charge in [-0.15, -0.1) is 0 Å². The maximum absolute atomic E-state index is 10.8. The van der Waals surface area contributed by atoms with Gasteiger partial charge in [0.15, 0.2) is 0 Å². The fourth-order valence-corrected chi connectivity index (χ4v) is 3.38. The summed E-state index contributed by atoms with van der Waals surface area (Å²) in [4.78, 5) is 14.0. The second-order valence-electron chi connectivity index (χ2n) is 4.52. The van der Waals surface area contributed by atoms with Gasteiger partial charge in [0.1, 0.15) is 0 Å². The van der Waals surface area contributed by atoms with Crippen molar-refractivity contribution in [3.63, 3.8) is 0 Å². The molecule has 0 unspecified atom stereocenters. The molecular formula is C12H19N3O2S. The van der Waals surface area contributed by atoms with Gasteiger partial charge in [-0.1, -0.05) is 24.7 Å². The van der Waals surface area contributed by atoms with Crippen LogP contribution in [0.15, 0.2) is 12.1 Å². The Hall–Kier alpha value is -0.980. The Kier molecular flexibility index (Phi) is 4.68. The van der Waals surface area contributed by atoms with E-state index in [0.29, 0.717) is 6.04 Å². The summed E-state index contributed by atoms with van der Waals surface area (Å²) >= 11 is 1.32. The zero-order valence-corrected chi connectivity index (χ0v) is 11.4. The molecule has 1 aromatic heterocycles. The molecule has 0 aromatic carbocycles. The first-order valence-electron chi connectivity index (χ1n) is 6.41. The monoisotopic (exact) mass is 269 g/mol. The normalized spacial score (nSPS) is 18.7. The maximum Gasteiger partial charge on any atom is 0.324 e. The molecule has 0 amide bonds. The third-order valence-corrected chi connectivity index (χ3v) is 4.41. The summed E-state index contributed by atoms with van der Waals surface area (Å²) in [5.41, 5.74) is 0. The van der Waals surface area contributed by atoms with Crippen LogP contribution >= 0.6 is 11.3 Å². The largest absolute Gasteiger partial charge is 0.324 e. The van der Waals surface area contributed by atoms with Gasteiger partial charge in [0, 0.05) is 43.2 Å². The van der Waals surface area contributed by atoms with Crippen molar-refractivity contribution in [2.24, 2.45) is 0 Å². The summed E-state index contributed by atoms with van der Waals surface area (Å²) in [6.45, 7) is 6.23. The van der Waals surface area contributed by atoms with E-state index in [0.717, 1.165) is 43.9 Å². The first kappa shape index (κ1) is 13.5. The minimum atomic E-state index is -0.297. The molecule has 1 fully saturated rings. The van der Waals surface area contributed by atoms with Gasteiger partial charge in [-0.25, -0.2) is 0 Å². The third-order valence-electron chi connectivity index (χ3n) is 3.28.